The zero-order valence-corrected chi connectivity index (χ0v) is 23.2. The number of rotatable bonds is 7. The SMILES string of the molecule is C=CC(=O)N(C)[C@@H]1CCCN(c2cncc(F)c2-c2ccc(CNC(=O)c3cn(C(C)(C)C)nn3)c(C)c2)C1. The zero-order valence-electron chi connectivity index (χ0n) is 23.2. The molecule has 1 saturated heterocycles. The Morgan fingerprint density at radius 2 is 2.05 bits per heavy atom. The highest BCUT2D eigenvalue weighted by Crippen LogP contribution is 2.35. The highest BCUT2D eigenvalue weighted by Gasteiger charge is 2.28. The van der Waals surface area contributed by atoms with Gasteiger partial charge in [-0.3, -0.25) is 14.6 Å². The Hall–Kier alpha value is -4.08. The molecule has 1 aromatic carbocycles. The maximum atomic E-state index is 15.3. The summed E-state index contributed by atoms with van der Waals surface area (Å²) >= 11 is 0. The predicted octanol–water partition coefficient (Wildman–Crippen LogP) is 4.09. The monoisotopic (exact) mass is 533 g/mol. The van der Waals surface area contributed by atoms with Crippen molar-refractivity contribution in [1.82, 2.24) is 30.2 Å². The van der Waals surface area contributed by atoms with Crippen LogP contribution in [0.3, 0.4) is 0 Å². The molecule has 1 atom stereocenters. The van der Waals surface area contributed by atoms with Crippen LogP contribution < -0.4 is 10.2 Å². The second-order valence-corrected chi connectivity index (χ2v) is 11.0. The molecule has 1 aliphatic heterocycles. The lowest BCUT2D eigenvalue weighted by atomic mass is 9.97. The van der Waals surface area contributed by atoms with Crippen molar-refractivity contribution in [2.75, 3.05) is 25.0 Å². The fraction of sp³-hybridized carbons (Fsp3) is 0.414. The number of carbonyl (C=O) groups is 2. The molecule has 10 heteroatoms. The van der Waals surface area contributed by atoms with Crippen molar-refractivity contribution in [2.24, 2.45) is 0 Å². The highest BCUT2D eigenvalue weighted by molar-refractivity contribution is 5.91. The molecule has 0 radical (unpaired) electrons. The molecule has 9 nitrogen and oxygen atoms in total. The maximum absolute atomic E-state index is 15.3. The number of halogens is 1. The molecule has 0 aliphatic carbocycles. The minimum Gasteiger partial charge on any atom is -0.368 e. The van der Waals surface area contributed by atoms with Crippen LogP contribution in [0.1, 0.15) is 55.2 Å². The number of nitrogens with one attached hydrogen (secondary N) is 1. The summed E-state index contributed by atoms with van der Waals surface area (Å²) in [6.45, 7) is 13.1. The van der Waals surface area contributed by atoms with Crippen LogP contribution in [-0.4, -0.2) is 62.9 Å². The molecule has 0 saturated carbocycles. The molecule has 39 heavy (non-hydrogen) atoms. The minimum atomic E-state index is -0.410. The Kier molecular flexibility index (Phi) is 8.13. The van der Waals surface area contributed by atoms with Crippen LogP contribution in [0.25, 0.3) is 11.1 Å². The molecule has 0 bridgehead atoms. The Morgan fingerprint density at radius 1 is 1.28 bits per heavy atom. The van der Waals surface area contributed by atoms with E-state index < -0.39 is 5.82 Å². The Balaban J connectivity index is 1.52. The van der Waals surface area contributed by atoms with E-state index in [1.807, 2.05) is 45.9 Å². The fourth-order valence-corrected chi connectivity index (χ4v) is 4.78. The highest BCUT2D eigenvalue weighted by atomic mass is 19.1. The predicted molar refractivity (Wildman–Crippen MR) is 149 cm³/mol. The summed E-state index contributed by atoms with van der Waals surface area (Å²) in [5.74, 6) is -0.847. The number of hydrogen-bond acceptors (Lipinski definition) is 6. The van der Waals surface area contributed by atoms with Crippen molar-refractivity contribution >= 4 is 17.5 Å². The smallest absolute Gasteiger partial charge is 0.273 e. The third-order valence-electron chi connectivity index (χ3n) is 7.17. The van der Waals surface area contributed by atoms with Gasteiger partial charge in [0.05, 0.1) is 29.8 Å². The van der Waals surface area contributed by atoms with Crippen LogP contribution in [0.15, 0.2) is 49.4 Å². The number of carbonyl (C=O) groups excluding carboxylic acids is 2. The quantitative estimate of drug-likeness (QED) is 0.460. The summed E-state index contributed by atoms with van der Waals surface area (Å²) in [5.41, 5.74) is 3.70. The summed E-state index contributed by atoms with van der Waals surface area (Å²) < 4.78 is 16.9. The lowest BCUT2D eigenvalue weighted by molar-refractivity contribution is -0.126. The average Bonchev–Trinajstić information content (AvgIpc) is 3.43. The number of piperidine rings is 1. The molecule has 0 spiro atoms. The molecule has 1 N–H and O–H groups in total. The van der Waals surface area contributed by atoms with E-state index in [-0.39, 0.29) is 29.1 Å². The molecule has 1 aliphatic rings. The molecular formula is C29H36FN7O2. The van der Waals surface area contributed by atoms with E-state index in [2.05, 4.69) is 32.1 Å². The van der Waals surface area contributed by atoms with E-state index in [0.29, 0.717) is 24.3 Å². The number of hydrogen-bond donors (Lipinski definition) is 1. The van der Waals surface area contributed by atoms with Crippen LogP contribution in [0, 0.1) is 12.7 Å². The van der Waals surface area contributed by atoms with Crippen LogP contribution in [0.5, 0.6) is 0 Å². The van der Waals surface area contributed by atoms with Gasteiger partial charge in [0.1, 0.15) is 0 Å². The van der Waals surface area contributed by atoms with E-state index in [1.54, 1.807) is 29.0 Å². The molecule has 2 amide bonds. The van der Waals surface area contributed by atoms with Gasteiger partial charge in [0, 0.05) is 38.3 Å². The molecule has 0 unspecified atom stereocenters. The summed E-state index contributed by atoms with van der Waals surface area (Å²) in [5, 5.41) is 10.9. The van der Waals surface area contributed by atoms with Crippen LogP contribution in [-0.2, 0) is 16.9 Å². The minimum absolute atomic E-state index is 0.00177. The van der Waals surface area contributed by atoms with Gasteiger partial charge in [0.2, 0.25) is 5.91 Å². The number of aryl methyl sites for hydroxylation is 1. The third kappa shape index (κ3) is 6.16. The number of nitrogens with zero attached hydrogens (tertiary/aromatic N) is 6. The van der Waals surface area contributed by atoms with Crippen molar-refractivity contribution in [3.63, 3.8) is 0 Å². The molecular weight excluding hydrogens is 497 g/mol. The lowest BCUT2D eigenvalue weighted by Crippen LogP contribution is -2.48. The number of amides is 2. The first kappa shape index (κ1) is 27.9. The van der Waals surface area contributed by atoms with Crippen LogP contribution >= 0.6 is 0 Å². The zero-order chi connectivity index (χ0) is 28.3. The van der Waals surface area contributed by atoms with Gasteiger partial charge in [-0.1, -0.05) is 30.0 Å². The van der Waals surface area contributed by atoms with Crippen molar-refractivity contribution in [2.45, 2.75) is 58.7 Å². The summed E-state index contributed by atoms with van der Waals surface area (Å²) in [4.78, 5) is 32.7. The van der Waals surface area contributed by atoms with Crippen molar-refractivity contribution < 1.29 is 14.0 Å². The molecule has 3 heterocycles. The topological polar surface area (TPSA) is 96.2 Å². The number of pyridine rings is 1. The van der Waals surface area contributed by atoms with Gasteiger partial charge < -0.3 is 15.1 Å². The van der Waals surface area contributed by atoms with Gasteiger partial charge in [-0.15, -0.1) is 5.10 Å². The van der Waals surface area contributed by atoms with E-state index in [0.717, 1.165) is 36.1 Å². The van der Waals surface area contributed by atoms with E-state index in [9.17, 15) is 9.59 Å². The van der Waals surface area contributed by atoms with Crippen molar-refractivity contribution in [3.8, 4) is 11.1 Å². The van der Waals surface area contributed by atoms with E-state index in [4.69, 9.17) is 0 Å². The first-order chi connectivity index (χ1) is 18.5. The second kappa shape index (κ2) is 11.3. The first-order valence-electron chi connectivity index (χ1n) is 13.1. The van der Waals surface area contributed by atoms with Gasteiger partial charge in [-0.25, -0.2) is 9.07 Å². The fourth-order valence-electron chi connectivity index (χ4n) is 4.78. The van der Waals surface area contributed by atoms with Gasteiger partial charge in [-0.2, -0.15) is 0 Å². The molecule has 206 valence electrons. The Bertz CT molecular complexity index is 1380. The van der Waals surface area contributed by atoms with E-state index >= 15 is 4.39 Å². The van der Waals surface area contributed by atoms with Crippen LogP contribution in [0.2, 0.25) is 0 Å². The second-order valence-electron chi connectivity index (χ2n) is 11.0. The number of likely N-dealkylation sites (N-methyl/N-ethyl adjacent to an activating group) is 1. The average molecular weight is 534 g/mol. The summed E-state index contributed by atoms with van der Waals surface area (Å²) in [6.07, 6.45) is 7.60. The first-order valence-corrected chi connectivity index (χ1v) is 13.1. The molecule has 3 aromatic rings. The molecule has 2 aromatic heterocycles. The van der Waals surface area contributed by atoms with Gasteiger partial charge >= 0.3 is 0 Å². The number of anilines is 1. The standard InChI is InChI=1S/C29H36FN7O2/c1-7-26(38)35(6)22-9-8-12-36(17-22)25-16-31-15-23(30)27(25)20-10-11-21(19(2)13-20)14-32-28(39)24-18-37(34-33-24)29(3,4)5/h7,10-11,13,15-16,18,22H,1,8-9,12,14,17H2,2-6H3,(H,32,39)/t22-/m1/s1. The van der Waals surface area contributed by atoms with Crippen molar-refractivity contribution in [1.29, 1.82) is 0 Å². The number of benzene rings is 1. The third-order valence-corrected chi connectivity index (χ3v) is 7.17. The van der Waals surface area contributed by atoms with Crippen molar-refractivity contribution in [3.05, 3.63) is 72.1 Å². The summed E-state index contributed by atoms with van der Waals surface area (Å²) in [7, 11) is 1.77. The Labute approximate surface area is 228 Å². The number of aromatic nitrogens is 4. The van der Waals surface area contributed by atoms with Gasteiger partial charge in [0.15, 0.2) is 11.5 Å². The molecule has 4 rings (SSSR count). The van der Waals surface area contributed by atoms with Gasteiger partial charge in [-0.05, 0) is 63.3 Å². The summed E-state index contributed by atoms with van der Waals surface area (Å²) in [6, 6.07) is 5.68. The lowest BCUT2D eigenvalue weighted by Gasteiger charge is -2.39. The van der Waals surface area contributed by atoms with E-state index in [1.165, 1.54) is 12.3 Å². The molecule has 1 fully saturated rings. The Morgan fingerprint density at radius 3 is 2.72 bits per heavy atom. The van der Waals surface area contributed by atoms with Crippen LogP contribution in [0.4, 0.5) is 10.1 Å². The van der Waals surface area contributed by atoms with Gasteiger partial charge in [0.25, 0.3) is 5.91 Å². The largest absolute Gasteiger partial charge is 0.368 e. The normalized spacial score (nSPS) is 15.6. The maximum Gasteiger partial charge on any atom is 0.273 e.